The van der Waals surface area contributed by atoms with Gasteiger partial charge in [-0.3, -0.25) is 0 Å². The third-order valence-corrected chi connectivity index (χ3v) is 4.02. The molecule has 1 aromatic heterocycles. The molecular formula is C8H8BrFO2S. The number of carbonyl (C=O) groups is 1. The van der Waals surface area contributed by atoms with Gasteiger partial charge in [-0.05, 0) is 29.8 Å². The van der Waals surface area contributed by atoms with Crippen LogP contribution in [-0.2, 0) is 4.79 Å². The Hall–Kier alpha value is -0.420. The fourth-order valence-electron chi connectivity index (χ4n) is 1.09. The van der Waals surface area contributed by atoms with Crippen molar-refractivity contribution in [2.75, 3.05) is 0 Å². The fraction of sp³-hybridized carbons (Fsp3) is 0.375. The van der Waals surface area contributed by atoms with Crippen molar-refractivity contribution in [3.63, 3.8) is 0 Å². The Balaban J connectivity index is 3.20. The van der Waals surface area contributed by atoms with Crippen LogP contribution in [0.2, 0.25) is 0 Å². The Morgan fingerprint density at radius 2 is 2.08 bits per heavy atom. The summed E-state index contributed by atoms with van der Waals surface area (Å²) in [6, 6.07) is 0. The van der Waals surface area contributed by atoms with Crippen LogP contribution in [0.15, 0.2) is 4.47 Å². The lowest BCUT2D eigenvalue weighted by Crippen LogP contribution is -2.06. The number of carboxylic acid groups (broad SMARTS) is 1. The zero-order valence-electron chi connectivity index (χ0n) is 7.10. The molecule has 0 aliphatic heterocycles. The van der Waals surface area contributed by atoms with Gasteiger partial charge in [-0.2, -0.15) is 0 Å². The second-order valence-corrected chi connectivity index (χ2v) is 4.86. The summed E-state index contributed by atoms with van der Waals surface area (Å²) in [6.07, 6.45) is -1.93. The third kappa shape index (κ3) is 1.91. The highest BCUT2D eigenvalue weighted by Crippen LogP contribution is 2.37. The zero-order chi connectivity index (χ0) is 10.2. The Morgan fingerprint density at radius 1 is 1.54 bits per heavy atom. The number of halogens is 2. The molecule has 1 aromatic rings. The molecule has 1 unspecified atom stereocenters. The first-order chi connectivity index (χ1) is 5.95. The van der Waals surface area contributed by atoms with Crippen molar-refractivity contribution in [3.8, 4) is 0 Å². The van der Waals surface area contributed by atoms with Gasteiger partial charge in [0.25, 0.3) is 0 Å². The van der Waals surface area contributed by atoms with E-state index >= 15 is 0 Å². The average molecular weight is 267 g/mol. The van der Waals surface area contributed by atoms with E-state index in [0.29, 0.717) is 9.35 Å². The highest BCUT2D eigenvalue weighted by Gasteiger charge is 2.25. The molecule has 0 saturated heterocycles. The largest absolute Gasteiger partial charge is 0.479 e. The molecule has 0 bridgehead atoms. The predicted octanol–water partition coefficient (Wildman–Crippen LogP) is 3.22. The minimum atomic E-state index is -1.93. The first kappa shape index (κ1) is 10.7. The van der Waals surface area contributed by atoms with Crippen molar-refractivity contribution in [3.05, 3.63) is 19.8 Å². The van der Waals surface area contributed by atoms with Gasteiger partial charge >= 0.3 is 5.97 Å². The molecule has 72 valence electrons. The van der Waals surface area contributed by atoms with E-state index < -0.39 is 12.1 Å². The first-order valence-electron chi connectivity index (χ1n) is 3.57. The highest BCUT2D eigenvalue weighted by molar-refractivity contribution is 9.10. The number of hydrogen-bond acceptors (Lipinski definition) is 2. The van der Waals surface area contributed by atoms with E-state index in [0.717, 1.165) is 4.88 Å². The summed E-state index contributed by atoms with van der Waals surface area (Å²) in [5.41, 5.74) is 0.245. The summed E-state index contributed by atoms with van der Waals surface area (Å²) >= 11 is 4.57. The minimum Gasteiger partial charge on any atom is -0.479 e. The van der Waals surface area contributed by atoms with Gasteiger partial charge in [-0.1, -0.05) is 0 Å². The number of carboxylic acids is 1. The summed E-state index contributed by atoms with van der Waals surface area (Å²) < 4.78 is 13.7. The van der Waals surface area contributed by atoms with Gasteiger partial charge in [0.2, 0.25) is 6.17 Å². The standard InChI is InChI=1S/C8H8BrFO2S/c1-3-5(7(10)8(11)12)6(9)4(2)13-3/h7H,1-2H3,(H,11,12). The van der Waals surface area contributed by atoms with E-state index in [1.807, 2.05) is 6.92 Å². The molecule has 0 aromatic carbocycles. The maximum atomic E-state index is 13.2. The molecule has 0 radical (unpaired) electrons. The van der Waals surface area contributed by atoms with Gasteiger partial charge in [0, 0.05) is 19.8 Å². The Labute approximate surface area is 87.5 Å². The fourth-order valence-corrected chi connectivity index (χ4v) is 2.93. The molecule has 2 nitrogen and oxygen atoms in total. The van der Waals surface area contributed by atoms with E-state index in [-0.39, 0.29) is 5.56 Å². The predicted molar refractivity (Wildman–Crippen MR) is 53.0 cm³/mol. The Bertz CT molecular complexity index is 348. The summed E-state index contributed by atoms with van der Waals surface area (Å²) in [4.78, 5) is 12.0. The van der Waals surface area contributed by atoms with E-state index in [2.05, 4.69) is 15.9 Å². The molecule has 5 heteroatoms. The van der Waals surface area contributed by atoms with E-state index in [4.69, 9.17) is 5.11 Å². The molecule has 0 aliphatic rings. The minimum absolute atomic E-state index is 0.245. The van der Waals surface area contributed by atoms with Gasteiger partial charge in [0.15, 0.2) is 0 Å². The highest BCUT2D eigenvalue weighted by atomic mass is 79.9. The number of rotatable bonds is 2. The van der Waals surface area contributed by atoms with Crippen LogP contribution >= 0.6 is 27.3 Å². The van der Waals surface area contributed by atoms with Gasteiger partial charge in [-0.15, -0.1) is 11.3 Å². The topological polar surface area (TPSA) is 37.3 Å². The van der Waals surface area contributed by atoms with Crippen LogP contribution < -0.4 is 0 Å². The van der Waals surface area contributed by atoms with Crippen molar-refractivity contribution < 1.29 is 14.3 Å². The molecule has 0 aliphatic carbocycles. The van der Waals surface area contributed by atoms with Gasteiger partial charge in [0.1, 0.15) is 0 Å². The molecule has 0 saturated carbocycles. The number of aliphatic carboxylic acids is 1. The summed E-state index contributed by atoms with van der Waals surface area (Å²) in [7, 11) is 0. The normalized spacial score (nSPS) is 12.9. The van der Waals surface area contributed by atoms with Crippen molar-refractivity contribution >= 4 is 33.2 Å². The Morgan fingerprint density at radius 3 is 2.38 bits per heavy atom. The number of hydrogen-bond donors (Lipinski definition) is 1. The van der Waals surface area contributed by atoms with Crippen molar-refractivity contribution in [1.82, 2.24) is 0 Å². The maximum Gasteiger partial charge on any atom is 0.343 e. The van der Waals surface area contributed by atoms with Crippen LogP contribution in [0, 0.1) is 13.8 Å². The molecule has 0 amide bonds. The molecule has 1 heterocycles. The van der Waals surface area contributed by atoms with Crippen molar-refractivity contribution in [2.45, 2.75) is 20.0 Å². The molecule has 1 atom stereocenters. The summed E-state index contributed by atoms with van der Waals surface area (Å²) in [6.45, 7) is 3.53. The van der Waals surface area contributed by atoms with Gasteiger partial charge in [-0.25, -0.2) is 9.18 Å². The second kappa shape index (κ2) is 3.75. The number of alkyl halides is 1. The van der Waals surface area contributed by atoms with E-state index in [1.54, 1.807) is 6.92 Å². The SMILES string of the molecule is Cc1sc(C)c(C(F)C(=O)O)c1Br. The molecule has 0 spiro atoms. The van der Waals surface area contributed by atoms with Crippen molar-refractivity contribution in [2.24, 2.45) is 0 Å². The smallest absolute Gasteiger partial charge is 0.343 e. The molecule has 1 rings (SSSR count). The number of thiophene rings is 1. The lowest BCUT2D eigenvalue weighted by atomic mass is 10.1. The van der Waals surface area contributed by atoms with Crippen LogP contribution in [0.25, 0.3) is 0 Å². The van der Waals surface area contributed by atoms with Crippen LogP contribution in [0.1, 0.15) is 21.5 Å². The average Bonchev–Trinajstić information content (AvgIpc) is 2.26. The van der Waals surface area contributed by atoms with Crippen LogP contribution in [-0.4, -0.2) is 11.1 Å². The Kier molecular flexibility index (Phi) is 3.08. The zero-order valence-corrected chi connectivity index (χ0v) is 9.50. The van der Waals surface area contributed by atoms with Crippen LogP contribution in [0.3, 0.4) is 0 Å². The first-order valence-corrected chi connectivity index (χ1v) is 5.18. The lowest BCUT2D eigenvalue weighted by molar-refractivity contribution is -0.143. The second-order valence-electron chi connectivity index (χ2n) is 2.64. The van der Waals surface area contributed by atoms with Gasteiger partial charge < -0.3 is 5.11 Å². The molecule has 0 fully saturated rings. The maximum absolute atomic E-state index is 13.2. The quantitative estimate of drug-likeness (QED) is 0.893. The van der Waals surface area contributed by atoms with E-state index in [1.165, 1.54) is 11.3 Å². The van der Waals surface area contributed by atoms with Gasteiger partial charge in [0.05, 0.1) is 0 Å². The van der Waals surface area contributed by atoms with Crippen LogP contribution in [0.5, 0.6) is 0 Å². The summed E-state index contributed by atoms with van der Waals surface area (Å²) in [5, 5.41) is 8.50. The van der Waals surface area contributed by atoms with Crippen molar-refractivity contribution in [1.29, 1.82) is 0 Å². The van der Waals surface area contributed by atoms with E-state index in [9.17, 15) is 9.18 Å². The number of aryl methyl sites for hydroxylation is 2. The molecule has 13 heavy (non-hydrogen) atoms. The molecular weight excluding hydrogens is 259 g/mol. The monoisotopic (exact) mass is 266 g/mol. The summed E-state index contributed by atoms with van der Waals surface area (Å²) in [5.74, 6) is -1.44. The lowest BCUT2D eigenvalue weighted by Gasteiger charge is -2.02. The van der Waals surface area contributed by atoms with Crippen LogP contribution in [0.4, 0.5) is 4.39 Å². The third-order valence-electron chi connectivity index (χ3n) is 1.70. The molecule has 1 N–H and O–H groups in total.